The molecular weight excluding hydrogens is 417 g/mol. The standard InChI is InChI=1S/C21H23Cl2NO5/c1-4-10-28-18-9-6-14(11-19(18)27-5-2)21(26)29-13(3)20(25)24-17-8-7-15(22)12-16(17)23/h6-9,11-13H,4-5,10H2,1-3H3,(H,24,25). The summed E-state index contributed by atoms with van der Waals surface area (Å²) in [5.41, 5.74) is 0.626. The predicted octanol–water partition coefficient (Wildman–Crippen LogP) is 5.36. The molecule has 0 heterocycles. The van der Waals surface area contributed by atoms with Crippen molar-refractivity contribution in [2.75, 3.05) is 18.5 Å². The molecule has 0 saturated heterocycles. The van der Waals surface area contributed by atoms with Gasteiger partial charge in [-0.05, 0) is 56.7 Å². The molecule has 1 atom stereocenters. The van der Waals surface area contributed by atoms with Gasteiger partial charge in [-0.1, -0.05) is 30.1 Å². The Morgan fingerprint density at radius 1 is 1.03 bits per heavy atom. The van der Waals surface area contributed by atoms with Crippen LogP contribution in [0, 0.1) is 0 Å². The van der Waals surface area contributed by atoms with Crippen molar-refractivity contribution in [1.29, 1.82) is 0 Å². The smallest absolute Gasteiger partial charge is 0.339 e. The van der Waals surface area contributed by atoms with Gasteiger partial charge in [-0.25, -0.2) is 4.79 Å². The van der Waals surface area contributed by atoms with Crippen molar-refractivity contribution >= 4 is 40.8 Å². The van der Waals surface area contributed by atoms with Crippen LogP contribution >= 0.6 is 23.2 Å². The van der Waals surface area contributed by atoms with E-state index in [1.807, 2.05) is 13.8 Å². The minimum absolute atomic E-state index is 0.251. The molecule has 0 aliphatic heterocycles. The van der Waals surface area contributed by atoms with Gasteiger partial charge in [0.05, 0.1) is 29.5 Å². The molecule has 156 valence electrons. The summed E-state index contributed by atoms with van der Waals surface area (Å²) in [6.45, 7) is 6.26. The highest BCUT2D eigenvalue weighted by Gasteiger charge is 2.21. The van der Waals surface area contributed by atoms with Crippen molar-refractivity contribution in [2.45, 2.75) is 33.3 Å². The van der Waals surface area contributed by atoms with Gasteiger partial charge in [-0.15, -0.1) is 0 Å². The monoisotopic (exact) mass is 439 g/mol. The zero-order chi connectivity index (χ0) is 21.4. The SMILES string of the molecule is CCCOc1ccc(C(=O)OC(C)C(=O)Nc2ccc(Cl)cc2Cl)cc1OCC. The fourth-order valence-electron chi connectivity index (χ4n) is 2.34. The molecule has 0 bridgehead atoms. The third-order valence-corrected chi connectivity index (χ3v) is 4.33. The molecule has 0 aromatic heterocycles. The van der Waals surface area contributed by atoms with Crippen LogP contribution in [0.2, 0.25) is 10.0 Å². The number of nitrogens with one attached hydrogen (secondary N) is 1. The summed E-state index contributed by atoms with van der Waals surface area (Å²) in [5, 5.41) is 3.34. The Morgan fingerprint density at radius 2 is 1.79 bits per heavy atom. The number of hydrogen-bond donors (Lipinski definition) is 1. The van der Waals surface area contributed by atoms with Gasteiger partial charge in [-0.3, -0.25) is 4.79 Å². The normalized spacial score (nSPS) is 11.5. The van der Waals surface area contributed by atoms with E-state index >= 15 is 0 Å². The Bertz CT molecular complexity index is 872. The second-order valence-corrected chi connectivity index (χ2v) is 6.95. The van der Waals surface area contributed by atoms with E-state index in [2.05, 4.69) is 5.32 Å². The number of carbonyl (C=O) groups is 2. The van der Waals surface area contributed by atoms with Crippen LogP contribution in [-0.2, 0) is 9.53 Å². The first-order valence-corrected chi connectivity index (χ1v) is 9.97. The molecule has 1 N–H and O–H groups in total. The number of esters is 1. The number of halogens is 2. The van der Waals surface area contributed by atoms with Gasteiger partial charge in [0.2, 0.25) is 0 Å². The lowest BCUT2D eigenvalue weighted by Crippen LogP contribution is -2.30. The van der Waals surface area contributed by atoms with Crippen LogP contribution in [-0.4, -0.2) is 31.2 Å². The van der Waals surface area contributed by atoms with E-state index in [9.17, 15) is 9.59 Å². The Hall–Kier alpha value is -2.44. The number of ether oxygens (including phenoxy) is 3. The molecule has 0 radical (unpaired) electrons. The molecular formula is C21H23Cl2NO5. The molecule has 0 aliphatic rings. The average molecular weight is 440 g/mol. The number of rotatable bonds is 9. The van der Waals surface area contributed by atoms with Crippen LogP contribution in [0.1, 0.15) is 37.6 Å². The minimum Gasteiger partial charge on any atom is -0.490 e. The van der Waals surface area contributed by atoms with E-state index in [4.69, 9.17) is 37.4 Å². The number of hydrogen-bond acceptors (Lipinski definition) is 5. The van der Waals surface area contributed by atoms with E-state index in [0.29, 0.717) is 35.4 Å². The van der Waals surface area contributed by atoms with Crippen molar-refractivity contribution in [3.05, 3.63) is 52.0 Å². The molecule has 0 aliphatic carbocycles. The van der Waals surface area contributed by atoms with Gasteiger partial charge in [0, 0.05) is 5.02 Å². The summed E-state index contributed by atoms with van der Waals surface area (Å²) >= 11 is 11.9. The molecule has 6 nitrogen and oxygen atoms in total. The first-order valence-electron chi connectivity index (χ1n) is 9.22. The first-order chi connectivity index (χ1) is 13.8. The lowest BCUT2D eigenvalue weighted by atomic mass is 10.2. The quantitative estimate of drug-likeness (QED) is 0.531. The lowest BCUT2D eigenvalue weighted by Gasteiger charge is -2.16. The highest BCUT2D eigenvalue weighted by molar-refractivity contribution is 6.36. The zero-order valence-corrected chi connectivity index (χ0v) is 18.0. The van der Waals surface area contributed by atoms with Crippen LogP contribution in [0.4, 0.5) is 5.69 Å². The highest BCUT2D eigenvalue weighted by Crippen LogP contribution is 2.29. The number of amides is 1. The number of carbonyl (C=O) groups excluding carboxylic acids is 2. The van der Waals surface area contributed by atoms with E-state index in [0.717, 1.165) is 6.42 Å². The van der Waals surface area contributed by atoms with E-state index < -0.39 is 18.0 Å². The minimum atomic E-state index is -1.04. The third kappa shape index (κ3) is 6.54. The molecule has 1 amide bonds. The summed E-state index contributed by atoms with van der Waals surface area (Å²) < 4.78 is 16.4. The van der Waals surface area contributed by atoms with Crippen LogP contribution in [0.3, 0.4) is 0 Å². The van der Waals surface area contributed by atoms with Gasteiger partial charge in [0.1, 0.15) is 0 Å². The van der Waals surface area contributed by atoms with E-state index in [1.54, 1.807) is 24.3 Å². The highest BCUT2D eigenvalue weighted by atomic mass is 35.5. The fourth-order valence-corrected chi connectivity index (χ4v) is 2.80. The molecule has 2 aromatic rings. The van der Waals surface area contributed by atoms with Crippen LogP contribution < -0.4 is 14.8 Å². The van der Waals surface area contributed by atoms with Gasteiger partial charge >= 0.3 is 5.97 Å². The van der Waals surface area contributed by atoms with E-state index in [1.165, 1.54) is 19.1 Å². The Labute approximate surface area is 180 Å². The lowest BCUT2D eigenvalue weighted by molar-refractivity contribution is -0.123. The van der Waals surface area contributed by atoms with Crippen LogP contribution in [0.5, 0.6) is 11.5 Å². The first kappa shape index (κ1) is 22.8. The van der Waals surface area contributed by atoms with Crippen molar-refractivity contribution in [3.8, 4) is 11.5 Å². The van der Waals surface area contributed by atoms with Crippen LogP contribution in [0.25, 0.3) is 0 Å². The average Bonchev–Trinajstić information content (AvgIpc) is 2.69. The number of benzene rings is 2. The molecule has 0 spiro atoms. The molecule has 1 unspecified atom stereocenters. The fraction of sp³-hybridized carbons (Fsp3) is 0.333. The second kappa shape index (κ2) is 10.9. The van der Waals surface area contributed by atoms with Crippen molar-refractivity contribution in [2.24, 2.45) is 0 Å². The van der Waals surface area contributed by atoms with Crippen molar-refractivity contribution in [3.63, 3.8) is 0 Å². The Morgan fingerprint density at radius 3 is 2.45 bits per heavy atom. The number of anilines is 1. The third-order valence-electron chi connectivity index (χ3n) is 3.78. The molecule has 2 rings (SSSR count). The molecule has 29 heavy (non-hydrogen) atoms. The zero-order valence-electron chi connectivity index (χ0n) is 16.5. The second-order valence-electron chi connectivity index (χ2n) is 6.10. The van der Waals surface area contributed by atoms with Crippen molar-refractivity contribution < 1.29 is 23.8 Å². The topological polar surface area (TPSA) is 73.9 Å². The maximum Gasteiger partial charge on any atom is 0.339 e. The predicted molar refractivity (Wildman–Crippen MR) is 113 cm³/mol. The molecule has 0 saturated carbocycles. The summed E-state index contributed by atoms with van der Waals surface area (Å²) in [6.07, 6.45) is -0.194. The summed E-state index contributed by atoms with van der Waals surface area (Å²) in [7, 11) is 0. The summed E-state index contributed by atoms with van der Waals surface area (Å²) in [6, 6.07) is 9.42. The van der Waals surface area contributed by atoms with Crippen molar-refractivity contribution in [1.82, 2.24) is 0 Å². The Balaban J connectivity index is 2.05. The van der Waals surface area contributed by atoms with E-state index in [-0.39, 0.29) is 10.6 Å². The van der Waals surface area contributed by atoms with Gasteiger partial charge in [0.25, 0.3) is 5.91 Å². The maximum atomic E-state index is 12.5. The molecule has 8 heteroatoms. The summed E-state index contributed by atoms with van der Waals surface area (Å²) in [4.78, 5) is 24.8. The van der Waals surface area contributed by atoms with Crippen LogP contribution in [0.15, 0.2) is 36.4 Å². The Kier molecular flexibility index (Phi) is 8.61. The van der Waals surface area contributed by atoms with Gasteiger partial charge in [0.15, 0.2) is 17.6 Å². The maximum absolute atomic E-state index is 12.5. The summed E-state index contributed by atoms with van der Waals surface area (Å²) in [5.74, 6) is -0.178. The van der Waals surface area contributed by atoms with Gasteiger partial charge < -0.3 is 19.5 Å². The molecule has 0 fully saturated rings. The van der Waals surface area contributed by atoms with Gasteiger partial charge in [-0.2, -0.15) is 0 Å². The largest absolute Gasteiger partial charge is 0.490 e. The molecule has 2 aromatic carbocycles.